The predicted octanol–water partition coefficient (Wildman–Crippen LogP) is 1.93. The van der Waals surface area contributed by atoms with Gasteiger partial charge in [-0.15, -0.1) is 11.3 Å². The highest BCUT2D eigenvalue weighted by Gasteiger charge is 2.08. The fourth-order valence-corrected chi connectivity index (χ4v) is 2.56. The van der Waals surface area contributed by atoms with Crippen LogP contribution in [0.2, 0.25) is 0 Å². The van der Waals surface area contributed by atoms with Gasteiger partial charge in [0.1, 0.15) is 16.9 Å². The number of phenolic OH excluding ortho intramolecular Hbond substituents is 1. The van der Waals surface area contributed by atoms with Gasteiger partial charge in [0, 0.05) is 0 Å². The van der Waals surface area contributed by atoms with Crippen LogP contribution in [0.1, 0.15) is 5.56 Å². The second-order valence-electron chi connectivity index (χ2n) is 4.50. The standard InChI is InChI=1S/C15H12N4O3S/c20-11-3-1-2-10(6-11)7-18-19-13(21)8-22-14-12-4-5-23-15(12)17-9-16-14/h1-7,9,20H,8H2,(H,19,21)/b18-7+. The van der Waals surface area contributed by atoms with Crippen molar-refractivity contribution in [1.29, 1.82) is 0 Å². The average Bonchev–Trinajstić information content (AvgIpc) is 3.02. The number of nitrogens with one attached hydrogen (secondary N) is 1. The maximum atomic E-state index is 11.7. The van der Waals surface area contributed by atoms with E-state index < -0.39 is 5.91 Å². The molecule has 2 heterocycles. The molecule has 0 bridgehead atoms. The van der Waals surface area contributed by atoms with Gasteiger partial charge in [-0.3, -0.25) is 4.79 Å². The molecule has 0 spiro atoms. The number of nitrogens with zero attached hydrogens (tertiary/aromatic N) is 3. The first-order valence-corrected chi connectivity index (χ1v) is 7.52. The van der Waals surface area contributed by atoms with Crippen molar-refractivity contribution in [2.45, 2.75) is 0 Å². The van der Waals surface area contributed by atoms with Gasteiger partial charge in [-0.1, -0.05) is 12.1 Å². The Labute approximate surface area is 135 Å². The Hall–Kier alpha value is -3.00. The van der Waals surface area contributed by atoms with Crippen LogP contribution < -0.4 is 10.2 Å². The van der Waals surface area contributed by atoms with Crippen LogP contribution in [-0.4, -0.2) is 33.8 Å². The van der Waals surface area contributed by atoms with E-state index in [-0.39, 0.29) is 12.4 Å². The molecule has 0 fully saturated rings. The van der Waals surface area contributed by atoms with E-state index in [0.717, 1.165) is 10.2 Å². The largest absolute Gasteiger partial charge is 0.508 e. The number of benzene rings is 1. The number of aromatic hydroxyl groups is 1. The number of fused-ring (bicyclic) bond motifs is 1. The Morgan fingerprint density at radius 1 is 1.39 bits per heavy atom. The van der Waals surface area contributed by atoms with E-state index in [1.54, 1.807) is 18.2 Å². The van der Waals surface area contributed by atoms with Crippen molar-refractivity contribution in [1.82, 2.24) is 15.4 Å². The second-order valence-corrected chi connectivity index (χ2v) is 5.39. The third kappa shape index (κ3) is 3.80. The van der Waals surface area contributed by atoms with Gasteiger partial charge in [0.15, 0.2) is 6.61 Å². The van der Waals surface area contributed by atoms with Crippen LogP contribution in [0.15, 0.2) is 47.1 Å². The van der Waals surface area contributed by atoms with E-state index in [1.165, 1.54) is 29.9 Å². The topological polar surface area (TPSA) is 96.7 Å². The van der Waals surface area contributed by atoms with E-state index >= 15 is 0 Å². The molecule has 0 aliphatic carbocycles. The number of ether oxygens (including phenoxy) is 1. The van der Waals surface area contributed by atoms with Crippen LogP contribution >= 0.6 is 11.3 Å². The Morgan fingerprint density at radius 3 is 3.17 bits per heavy atom. The molecule has 0 aliphatic heterocycles. The van der Waals surface area contributed by atoms with Gasteiger partial charge in [0.05, 0.1) is 11.6 Å². The van der Waals surface area contributed by atoms with Crippen molar-refractivity contribution in [2.24, 2.45) is 5.10 Å². The summed E-state index contributed by atoms with van der Waals surface area (Å²) in [5, 5.41) is 15.8. The zero-order valence-corrected chi connectivity index (χ0v) is 12.7. The lowest BCUT2D eigenvalue weighted by atomic mass is 10.2. The van der Waals surface area contributed by atoms with E-state index in [9.17, 15) is 9.90 Å². The maximum absolute atomic E-state index is 11.7. The molecular formula is C15H12N4O3S. The Balaban J connectivity index is 1.55. The number of hydrogen-bond acceptors (Lipinski definition) is 7. The quantitative estimate of drug-likeness (QED) is 0.551. The fraction of sp³-hybridized carbons (Fsp3) is 0.0667. The smallest absolute Gasteiger partial charge is 0.278 e. The lowest BCUT2D eigenvalue weighted by molar-refractivity contribution is -0.123. The summed E-state index contributed by atoms with van der Waals surface area (Å²) in [7, 11) is 0. The molecule has 0 unspecified atom stereocenters. The monoisotopic (exact) mass is 328 g/mol. The number of amides is 1. The third-order valence-electron chi connectivity index (χ3n) is 2.84. The van der Waals surface area contributed by atoms with Crippen LogP contribution in [0.25, 0.3) is 10.2 Å². The first-order chi connectivity index (χ1) is 11.2. The molecule has 1 amide bonds. The number of carbonyl (C=O) groups is 1. The molecule has 0 aliphatic rings. The first-order valence-electron chi connectivity index (χ1n) is 6.64. The molecular weight excluding hydrogens is 316 g/mol. The molecule has 23 heavy (non-hydrogen) atoms. The van der Waals surface area contributed by atoms with Crippen molar-refractivity contribution in [3.05, 3.63) is 47.6 Å². The van der Waals surface area contributed by atoms with Gasteiger partial charge in [-0.05, 0) is 29.1 Å². The van der Waals surface area contributed by atoms with E-state index in [1.807, 2.05) is 11.4 Å². The predicted molar refractivity (Wildman–Crippen MR) is 86.8 cm³/mol. The minimum absolute atomic E-state index is 0.132. The Morgan fingerprint density at radius 2 is 2.30 bits per heavy atom. The van der Waals surface area contributed by atoms with Gasteiger partial charge in [0.25, 0.3) is 5.91 Å². The van der Waals surface area contributed by atoms with Gasteiger partial charge in [-0.2, -0.15) is 5.10 Å². The van der Waals surface area contributed by atoms with Crippen LogP contribution in [0, 0.1) is 0 Å². The molecule has 0 atom stereocenters. The van der Waals surface area contributed by atoms with E-state index in [4.69, 9.17) is 4.74 Å². The number of aromatic nitrogens is 2. The van der Waals surface area contributed by atoms with Crippen molar-refractivity contribution in [2.75, 3.05) is 6.61 Å². The summed E-state index contributed by atoms with van der Waals surface area (Å²) in [6.45, 7) is -0.209. The molecule has 2 aromatic heterocycles. The second kappa shape index (κ2) is 6.84. The molecule has 0 saturated heterocycles. The van der Waals surface area contributed by atoms with E-state index in [0.29, 0.717) is 11.4 Å². The van der Waals surface area contributed by atoms with Crippen LogP contribution in [0.5, 0.6) is 11.6 Å². The Kier molecular flexibility index (Phi) is 4.44. The Bertz CT molecular complexity index is 863. The zero-order chi connectivity index (χ0) is 16.1. The van der Waals surface area contributed by atoms with Crippen molar-refractivity contribution >= 4 is 33.7 Å². The van der Waals surface area contributed by atoms with Crippen LogP contribution in [0.3, 0.4) is 0 Å². The molecule has 7 nitrogen and oxygen atoms in total. The molecule has 3 aromatic rings. The van der Waals surface area contributed by atoms with Gasteiger partial charge >= 0.3 is 0 Å². The lowest BCUT2D eigenvalue weighted by Crippen LogP contribution is -2.24. The molecule has 8 heteroatoms. The van der Waals surface area contributed by atoms with Crippen molar-refractivity contribution in [3.8, 4) is 11.6 Å². The van der Waals surface area contributed by atoms with Crippen LogP contribution in [-0.2, 0) is 4.79 Å². The van der Waals surface area contributed by atoms with Gasteiger partial charge in [0.2, 0.25) is 5.88 Å². The number of rotatable bonds is 5. The van der Waals surface area contributed by atoms with Gasteiger partial charge in [-0.25, -0.2) is 15.4 Å². The minimum Gasteiger partial charge on any atom is -0.508 e. The number of hydrogen-bond donors (Lipinski definition) is 2. The number of hydrazone groups is 1. The summed E-state index contributed by atoms with van der Waals surface area (Å²) >= 11 is 1.47. The molecule has 0 radical (unpaired) electrons. The molecule has 3 rings (SSSR count). The normalized spacial score (nSPS) is 11.0. The summed E-state index contributed by atoms with van der Waals surface area (Å²) in [6.07, 6.45) is 2.82. The number of carbonyl (C=O) groups excluding carboxylic acids is 1. The maximum Gasteiger partial charge on any atom is 0.278 e. The number of thiophene rings is 1. The van der Waals surface area contributed by atoms with Crippen LogP contribution in [0.4, 0.5) is 0 Å². The van der Waals surface area contributed by atoms with Crippen molar-refractivity contribution < 1.29 is 14.6 Å². The highest BCUT2D eigenvalue weighted by Crippen LogP contribution is 2.25. The minimum atomic E-state index is -0.414. The highest BCUT2D eigenvalue weighted by molar-refractivity contribution is 7.16. The summed E-state index contributed by atoms with van der Waals surface area (Å²) < 4.78 is 5.39. The SMILES string of the molecule is O=C(COc1ncnc2sccc12)N/N=C/c1cccc(O)c1. The number of phenols is 1. The average molecular weight is 328 g/mol. The summed E-state index contributed by atoms with van der Waals surface area (Å²) in [4.78, 5) is 20.6. The van der Waals surface area contributed by atoms with Gasteiger partial charge < -0.3 is 9.84 Å². The lowest BCUT2D eigenvalue weighted by Gasteiger charge is -2.04. The molecule has 1 aromatic carbocycles. The summed E-state index contributed by atoms with van der Waals surface area (Å²) in [6, 6.07) is 8.35. The molecule has 116 valence electrons. The zero-order valence-electron chi connectivity index (χ0n) is 11.8. The fourth-order valence-electron chi connectivity index (χ4n) is 1.83. The first kappa shape index (κ1) is 14.9. The van der Waals surface area contributed by atoms with Crippen molar-refractivity contribution in [3.63, 3.8) is 0 Å². The molecule has 0 saturated carbocycles. The summed E-state index contributed by atoms with van der Waals surface area (Å²) in [5.74, 6) is 0.0823. The molecule has 2 N–H and O–H groups in total. The highest BCUT2D eigenvalue weighted by atomic mass is 32.1. The van der Waals surface area contributed by atoms with E-state index in [2.05, 4.69) is 20.5 Å². The third-order valence-corrected chi connectivity index (χ3v) is 3.66. The summed E-state index contributed by atoms with van der Waals surface area (Å²) in [5.41, 5.74) is 3.01.